The van der Waals surface area contributed by atoms with Crippen molar-refractivity contribution in [2.24, 2.45) is 0 Å². The molecule has 0 saturated carbocycles. The summed E-state index contributed by atoms with van der Waals surface area (Å²) >= 11 is 0. The molecule has 8 nitrogen and oxygen atoms in total. The number of benzene rings is 3. The van der Waals surface area contributed by atoms with Crippen LogP contribution in [0.1, 0.15) is 35.3 Å². The molecule has 3 heterocycles. The van der Waals surface area contributed by atoms with Crippen molar-refractivity contribution >= 4 is 39.4 Å². The van der Waals surface area contributed by atoms with Gasteiger partial charge in [0.2, 0.25) is 5.91 Å². The molecule has 0 aliphatic carbocycles. The second-order valence-electron chi connectivity index (χ2n) is 9.08. The second kappa shape index (κ2) is 7.28. The Kier molecular flexibility index (Phi) is 4.32. The van der Waals surface area contributed by atoms with Gasteiger partial charge in [0.05, 0.1) is 22.0 Å². The highest BCUT2D eigenvalue weighted by molar-refractivity contribution is 6.08. The minimum atomic E-state index is -0.592. The maximum atomic E-state index is 12.6. The zero-order valence-corrected chi connectivity index (χ0v) is 18.7. The quantitative estimate of drug-likeness (QED) is 0.327. The first-order valence-corrected chi connectivity index (χ1v) is 11.1. The lowest BCUT2D eigenvalue weighted by Gasteiger charge is -2.14. The molecule has 34 heavy (non-hydrogen) atoms. The van der Waals surface area contributed by atoms with Gasteiger partial charge in [-0.2, -0.15) is 5.10 Å². The van der Waals surface area contributed by atoms with E-state index in [1.54, 1.807) is 12.1 Å². The lowest BCUT2D eigenvalue weighted by atomic mass is 9.86. The molecule has 1 aliphatic rings. The Labute approximate surface area is 194 Å². The summed E-state index contributed by atoms with van der Waals surface area (Å²) in [6.45, 7) is 4.28. The van der Waals surface area contributed by atoms with Crippen molar-refractivity contribution in [3.63, 3.8) is 0 Å². The van der Waals surface area contributed by atoms with Gasteiger partial charge in [-0.15, -0.1) is 0 Å². The zero-order chi connectivity index (χ0) is 23.4. The highest BCUT2D eigenvalue weighted by Crippen LogP contribution is 2.39. The van der Waals surface area contributed by atoms with Gasteiger partial charge in [-0.1, -0.05) is 30.3 Å². The van der Waals surface area contributed by atoms with Crippen molar-refractivity contribution < 1.29 is 9.59 Å². The smallest absolute Gasteiger partial charge is 0.251 e. The van der Waals surface area contributed by atoms with Crippen LogP contribution in [-0.4, -0.2) is 32.0 Å². The van der Waals surface area contributed by atoms with Crippen molar-refractivity contribution in [2.45, 2.75) is 25.8 Å². The van der Waals surface area contributed by atoms with Gasteiger partial charge >= 0.3 is 0 Å². The van der Waals surface area contributed by atoms with Gasteiger partial charge in [-0.3, -0.25) is 14.7 Å². The molecule has 0 radical (unpaired) electrons. The Bertz CT molecular complexity index is 1600. The summed E-state index contributed by atoms with van der Waals surface area (Å²) in [6.07, 6.45) is 0. The number of hydrogen-bond acceptors (Lipinski definition) is 4. The van der Waals surface area contributed by atoms with Gasteiger partial charge in [0.15, 0.2) is 5.82 Å². The molecule has 0 unspecified atom stereocenters. The minimum Gasteiger partial charge on any atom is -0.348 e. The van der Waals surface area contributed by atoms with Crippen LogP contribution < -0.4 is 10.6 Å². The number of fused-ring (bicyclic) bond motifs is 3. The molecule has 3 aromatic carbocycles. The summed E-state index contributed by atoms with van der Waals surface area (Å²) in [5.41, 5.74) is 5.75. The third-order valence-corrected chi connectivity index (χ3v) is 6.46. The first-order chi connectivity index (χ1) is 16.4. The van der Waals surface area contributed by atoms with Crippen LogP contribution in [0.5, 0.6) is 0 Å². The Balaban J connectivity index is 1.30. The number of H-pyrrole nitrogens is 2. The fraction of sp³-hybridized carbons (Fsp3) is 0.154. The van der Waals surface area contributed by atoms with E-state index in [1.807, 2.05) is 62.4 Å². The predicted octanol–water partition coefficient (Wildman–Crippen LogP) is 4.27. The SMILES string of the molecule is CC1(C)C(=O)Nc2cc3nc(-c4n[nH]c5cc(C(=O)NCc6ccccc6)ccc45)[nH]c3cc21. The van der Waals surface area contributed by atoms with E-state index in [4.69, 9.17) is 4.98 Å². The molecule has 6 rings (SSSR count). The molecule has 0 spiro atoms. The highest BCUT2D eigenvalue weighted by atomic mass is 16.2. The number of nitrogens with one attached hydrogen (secondary N) is 4. The van der Waals surface area contributed by atoms with Gasteiger partial charge in [-0.25, -0.2) is 4.98 Å². The fourth-order valence-electron chi connectivity index (χ4n) is 4.41. The van der Waals surface area contributed by atoms with Crippen LogP contribution in [0.25, 0.3) is 33.5 Å². The van der Waals surface area contributed by atoms with Crippen molar-refractivity contribution in [2.75, 3.05) is 5.32 Å². The molecule has 0 saturated heterocycles. The lowest BCUT2D eigenvalue weighted by Crippen LogP contribution is -2.26. The Morgan fingerprint density at radius 2 is 1.85 bits per heavy atom. The van der Waals surface area contributed by atoms with Crippen LogP contribution in [0.4, 0.5) is 5.69 Å². The van der Waals surface area contributed by atoms with E-state index in [1.165, 1.54) is 0 Å². The van der Waals surface area contributed by atoms with Crippen LogP contribution in [0.3, 0.4) is 0 Å². The third-order valence-electron chi connectivity index (χ3n) is 6.46. The summed E-state index contributed by atoms with van der Waals surface area (Å²) in [7, 11) is 0. The molecule has 2 amide bonds. The summed E-state index contributed by atoms with van der Waals surface area (Å²) in [5, 5.41) is 14.2. The number of rotatable bonds is 4. The number of carbonyl (C=O) groups excluding carboxylic acids is 2. The zero-order valence-electron chi connectivity index (χ0n) is 18.7. The standard InChI is InChI=1S/C26H22N6O2/c1-26(2)17-11-20-21(12-19(17)30-25(26)34)29-23(28-20)22-16-9-8-15(10-18(16)31-32-22)24(33)27-13-14-6-4-3-5-7-14/h3-12H,13H2,1-2H3,(H,27,33)(H,28,29)(H,30,34)(H,31,32). The molecule has 0 fully saturated rings. The lowest BCUT2D eigenvalue weighted by molar-refractivity contribution is -0.119. The average Bonchev–Trinajstić information content (AvgIpc) is 3.50. The first kappa shape index (κ1) is 20.2. The number of aromatic nitrogens is 4. The molecule has 0 bridgehead atoms. The van der Waals surface area contributed by atoms with E-state index < -0.39 is 5.41 Å². The molecular weight excluding hydrogens is 428 g/mol. The molecule has 2 aromatic heterocycles. The first-order valence-electron chi connectivity index (χ1n) is 11.1. The van der Waals surface area contributed by atoms with Gasteiger partial charge < -0.3 is 15.6 Å². The largest absolute Gasteiger partial charge is 0.348 e. The second-order valence-corrected chi connectivity index (χ2v) is 9.08. The maximum Gasteiger partial charge on any atom is 0.251 e. The van der Waals surface area contributed by atoms with Crippen LogP contribution >= 0.6 is 0 Å². The summed E-state index contributed by atoms with van der Waals surface area (Å²) in [6, 6.07) is 19.1. The van der Waals surface area contributed by atoms with Gasteiger partial charge in [0.25, 0.3) is 5.91 Å². The number of anilines is 1. The van der Waals surface area contributed by atoms with Gasteiger partial charge in [0.1, 0.15) is 5.69 Å². The summed E-state index contributed by atoms with van der Waals surface area (Å²) in [4.78, 5) is 32.9. The summed E-state index contributed by atoms with van der Waals surface area (Å²) in [5.74, 6) is 0.456. The van der Waals surface area contributed by atoms with E-state index in [9.17, 15) is 9.59 Å². The van der Waals surface area contributed by atoms with Gasteiger partial charge in [0, 0.05) is 23.2 Å². The van der Waals surface area contributed by atoms with E-state index in [-0.39, 0.29) is 11.8 Å². The van der Waals surface area contributed by atoms with Crippen LogP contribution in [0.15, 0.2) is 60.7 Å². The van der Waals surface area contributed by atoms with Gasteiger partial charge in [-0.05, 0) is 55.3 Å². The van der Waals surface area contributed by atoms with E-state index >= 15 is 0 Å². The van der Waals surface area contributed by atoms with Crippen molar-refractivity contribution in [3.05, 3.63) is 77.4 Å². The average molecular weight is 451 g/mol. The van der Waals surface area contributed by atoms with Crippen molar-refractivity contribution in [1.29, 1.82) is 0 Å². The van der Waals surface area contributed by atoms with Crippen LogP contribution in [-0.2, 0) is 16.8 Å². The van der Waals surface area contributed by atoms with Crippen molar-refractivity contribution in [3.8, 4) is 11.5 Å². The van der Waals surface area contributed by atoms with Crippen LogP contribution in [0.2, 0.25) is 0 Å². The number of amides is 2. The highest BCUT2D eigenvalue weighted by Gasteiger charge is 2.38. The molecule has 168 valence electrons. The molecule has 8 heteroatoms. The number of aromatic amines is 2. The molecular formula is C26H22N6O2. The topological polar surface area (TPSA) is 116 Å². The number of carbonyl (C=O) groups is 2. The Morgan fingerprint density at radius 3 is 2.68 bits per heavy atom. The minimum absolute atomic E-state index is 0.0164. The Hall–Kier alpha value is -4.46. The fourth-order valence-corrected chi connectivity index (χ4v) is 4.41. The summed E-state index contributed by atoms with van der Waals surface area (Å²) < 4.78 is 0. The Morgan fingerprint density at radius 1 is 1.03 bits per heavy atom. The number of nitrogens with zero attached hydrogens (tertiary/aromatic N) is 2. The molecule has 4 N–H and O–H groups in total. The number of imidazole rings is 1. The third kappa shape index (κ3) is 3.14. The van der Waals surface area contributed by atoms with E-state index in [0.29, 0.717) is 23.6 Å². The maximum absolute atomic E-state index is 12.6. The normalized spacial score (nSPS) is 14.4. The van der Waals surface area contributed by atoms with Crippen molar-refractivity contribution in [1.82, 2.24) is 25.5 Å². The monoisotopic (exact) mass is 450 g/mol. The molecule has 1 aliphatic heterocycles. The number of hydrogen-bond donors (Lipinski definition) is 4. The molecule has 5 aromatic rings. The van der Waals surface area contributed by atoms with E-state index in [0.717, 1.165) is 38.8 Å². The molecule has 0 atom stereocenters. The predicted molar refractivity (Wildman–Crippen MR) is 130 cm³/mol. The van der Waals surface area contributed by atoms with Crippen LogP contribution in [0, 0.1) is 0 Å². The van der Waals surface area contributed by atoms with E-state index in [2.05, 4.69) is 25.8 Å².